The van der Waals surface area contributed by atoms with Crippen LogP contribution in [-0.4, -0.2) is 49.6 Å². The summed E-state index contributed by atoms with van der Waals surface area (Å²) in [5, 5.41) is 3.13. The Labute approximate surface area is 102 Å². The topological polar surface area (TPSA) is 58.6 Å². The van der Waals surface area contributed by atoms with E-state index in [-0.39, 0.29) is 17.9 Å². The van der Waals surface area contributed by atoms with E-state index in [9.17, 15) is 9.59 Å². The molecule has 0 bridgehead atoms. The Hall–Kier alpha value is -0.940. The average molecular weight is 242 g/mol. The quantitative estimate of drug-likeness (QED) is 0.523. The van der Waals surface area contributed by atoms with Crippen molar-refractivity contribution in [2.45, 2.75) is 38.6 Å². The Morgan fingerprint density at radius 2 is 2.18 bits per heavy atom. The van der Waals surface area contributed by atoms with Gasteiger partial charge in [0, 0.05) is 26.6 Å². The lowest BCUT2D eigenvalue weighted by Crippen LogP contribution is -2.52. The molecule has 1 N–H and O–H groups in total. The molecule has 5 nitrogen and oxygen atoms in total. The van der Waals surface area contributed by atoms with E-state index in [1.165, 1.54) is 11.9 Å². The molecule has 0 saturated carbocycles. The summed E-state index contributed by atoms with van der Waals surface area (Å²) in [6.45, 7) is 4.16. The van der Waals surface area contributed by atoms with E-state index in [2.05, 4.69) is 12.2 Å². The van der Waals surface area contributed by atoms with Gasteiger partial charge >= 0.3 is 0 Å². The van der Waals surface area contributed by atoms with Crippen LogP contribution in [0.4, 0.5) is 0 Å². The predicted octanol–water partition coefficient (Wildman–Crippen LogP) is 0.540. The molecule has 0 aromatic heterocycles. The van der Waals surface area contributed by atoms with Crippen LogP contribution < -0.4 is 5.32 Å². The van der Waals surface area contributed by atoms with Gasteiger partial charge in [-0.1, -0.05) is 13.3 Å². The summed E-state index contributed by atoms with van der Waals surface area (Å²) in [4.78, 5) is 24.2. The number of likely N-dealkylation sites (N-methyl/N-ethyl adjacent to an activating group) is 1. The number of likely N-dealkylation sites (tertiary alicyclic amines) is 1. The molecular weight excluding hydrogens is 220 g/mol. The molecule has 5 heteroatoms. The summed E-state index contributed by atoms with van der Waals surface area (Å²) in [6.07, 6.45) is 3.23. The highest BCUT2D eigenvalue weighted by molar-refractivity contribution is 6.00. The molecule has 0 aromatic rings. The fourth-order valence-corrected chi connectivity index (χ4v) is 1.76. The van der Waals surface area contributed by atoms with Crippen molar-refractivity contribution >= 4 is 11.8 Å². The summed E-state index contributed by atoms with van der Waals surface area (Å²) < 4.78 is 5.39. The third kappa shape index (κ3) is 4.44. The molecule has 1 fully saturated rings. The van der Waals surface area contributed by atoms with Gasteiger partial charge in [0.15, 0.2) is 0 Å². The molecule has 1 aliphatic rings. The van der Waals surface area contributed by atoms with E-state index in [0.29, 0.717) is 26.0 Å². The number of carbonyl (C=O) groups excluding carboxylic acids is 2. The molecule has 2 amide bonds. The van der Waals surface area contributed by atoms with Crippen molar-refractivity contribution in [1.82, 2.24) is 10.2 Å². The lowest BCUT2D eigenvalue weighted by atomic mass is 10.0. The maximum Gasteiger partial charge on any atom is 0.246 e. The van der Waals surface area contributed by atoms with Crippen LogP contribution in [0.5, 0.6) is 0 Å². The Kier molecular flexibility index (Phi) is 6.15. The van der Waals surface area contributed by atoms with Crippen molar-refractivity contribution in [3.63, 3.8) is 0 Å². The van der Waals surface area contributed by atoms with Gasteiger partial charge in [0.25, 0.3) is 0 Å². The van der Waals surface area contributed by atoms with Crippen LogP contribution in [0.15, 0.2) is 0 Å². The fourth-order valence-electron chi connectivity index (χ4n) is 1.76. The summed E-state index contributed by atoms with van der Waals surface area (Å²) in [7, 11) is 1.54. The molecule has 0 spiro atoms. The van der Waals surface area contributed by atoms with E-state index < -0.39 is 0 Å². The van der Waals surface area contributed by atoms with Crippen LogP contribution in [-0.2, 0) is 14.3 Å². The molecule has 17 heavy (non-hydrogen) atoms. The molecule has 1 heterocycles. The number of nitrogens with zero attached hydrogens (tertiary/aromatic N) is 1. The highest BCUT2D eigenvalue weighted by atomic mass is 16.5. The highest BCUT2D eigenvalue weighted by Gasteiger charge is 2.30. The number of nitrogens with one attached hydrogen (secondary N) is 1. The number of unbranched alkanes of at least 4 members (excludes halogenated alkanes) is 1. The molecule has 1 saturated heterocycles. The Morgan fingerprint density at radius 3 is 2.88 bits per heavy atom. The van der Waals surface area contributed by atoms with Crippen molar-refractivity contribution in [2.24, 2.45) is 0 Å². The van der Waals surface area contributed by atoms with E-state index >= 15 is 0 Å². The maximum atomic E-state index is 11.7. The second-order valence-electron chi connectivity index (χ2n) is 4.30. The third-order valence-electron chi connectivity index (χ3n) is 2.93. The first kappa shape index (κ1) is 14.1. The molecular formula is C12H22N2O3. The number of imide groups is 1. The van der Waals surface area contributed by atoms with E-state index in [4.69, 9.17) is 4.74 Å². The molecule has 98 valence electrons. The minimum Gasteiger partial charge on any atom is -0.380 e. The zero-order valence-corrected chi connectivity index (χ0v) is 10.7. The Morgan fingerprint density at radius 1 is 1.41 bits per heavy atom. The molecule has 1 aliphatic heterocycles. The van der Waals surface area contributed by atoms with Gasteiger partial charge in [0.2, 0.25) is 11.8 Å². The van der Waals surface area contributed by atoms with Gasteiger partial charge < -0.3 is 10.1 Å². The number of hydrogen-bond acceptors (Lipinski definition) is 4. The highest BCUT2D eigenvalue weighted by Crippen LogP contribution is 2.10. The van der Waals surface area contributed by atoms with Gasteiger partial charge in [-0.25, -0.2) is 0 Å². The van der Waals surface area contributed by atoms with Crippen molar-refractivity contribution in [3.8, 4) is 0 Å². The minimum absolute atomic E-state index is 0.0905. The number of rotatable bonds is 7. The van der Waals surface area contributed by atoms with Crippen molar-refractivity contribution in [2.75, 3.05) is 26.8 Å². The minimum atomic E-state index is -0.229. The monoisotopic (exact) mass is 242 g/mol. The van der Waals surface area contributed by atoms with Crippen LogP contribution in [0.25, 0.3) is 0 Å². The lowest BCUT2D eigenvalue weighted by Gasteiger charge is -2.28. The van der Waals surface area contributed by atoms with Gasteiger partial charge in [-0.3, -0.25) is 14.5 Å². The van der Waals surface area contributed by atoms with E-state index in [1.807, 2.05) is 0 Å². The summed E-state index contributed by atoms with van der Waals surface area (Å²) in [5.74, 6) is -0.220. The SMILES string of the molecule is CCCCOCCNC1CCC(=O)N(C)C1=O. The fraction of sp³-hybridized carbons (Fsp3) is 0.833. The van der Waals surface area contributed by atoms with E-state index in [1.54, 1.807) is 0 Å². The first-order valence-corrected chi connectivity index (χ1v) is 6.28. The zero-order valence-electron chi connectivity index (χ0n) is 10.7. The van der Waals surface area contributed by atoms with Gasteiger partial charge in [-0.05, 0) is 12.8 Å². The summed E-state index contributed by atoms with van der Waals surface area (Å²) in [5.41, 5.74) is 0. The summed E-state index contributed by atoms with van der Waals surface area (Å²) >= 11 is 0. The smallest absolute Gasteiger partial charge is 0.246 e. The summed E-state index contributed by atoms with van der Waals surface area (Å²) in [6, 6.07) is -0.229. The van der Waals surface area contributed by atoms with Gasteiger partial charge in [0.1, 0.15) is 0 Å². The van der Waals surface area contributed by atoms with Gasteiger partial charge in [0.05, 0.1) is 12.6 Å². The lowest BCUT2D eigenvalue weighted by molar-refractivity contribution is -0.148. The molecule has 0 aromatic carbocycles. The number of piperidine rings is 1. The molecule has 1 rings (SSSR count). The number of hydrogen-bond donors (Lipinski definition) is 1. The van der Waals surface area contributed by atoms with Crippen molar-refractivity contribution in [1.29, 1.82) is 0 Å². The Bertz CT molecular complexity index is 268. The molecule has 1 unspecified atom stereocenters. The van der Waals surface area contributed by atoms with Gasteiger partial charge in [-0.2, -0.15) is 0 Å². The first-order valence-electron chi connectivity index (χ1n) is 6.28. The number of carbonyl (C=O) groups is 2. The largest absolute Gasteiger partial charge is 0.380 e. The third-order valence-corrected chi connectivity index (χ3v) is 2.93. The van der Waals surface area contributed by atoms with Crippen molar-refractivity contribution < 1.29 is 14.3 Å². The molecule has 0 aliphatic carbocycles. The second kappa shape index (κ2) is 7.40. The van der Waals surface area contributed by atoms with Crippen LogP contribution in [0.3, 0.4) is 0 Å². The van der Waals surface area contributed by atoms with E-state index in [0.717, 1.165) is 19.4 Å². The predicted molar refractivity (Wildman–Crippen MR) is 64.5 cm³/mol. The van der Waals surface area contributed by atoms with Crippen LogP contribution >= 0.6 is 0 Å². The first-order chi connectivity index (χ1) is 8.16. The van der Waals surface area contributed by atoms with Crippen molar-refractivity contribution in [3.05, 3.63) is 0 Å². The van der Waals surface area contributed by atoms with Crippen LogP contribution in [0.1, 0.15) is 32.6 Å². The normalized spacial score (nSPS) is 21.1. The van der Waals surface area contributed by atoms with Crippen LogP contribution in [0, 0.1) is 0 Å². The Balaban J connectivity index is 2.15. The number of amides is 2. The maximum absolute atomic E-state index is 11.7. The second-order valence-corrected chi connectivity index (χ2v) is 4.30. The molecule has 1 atom stereocenters. The average Bonchev–Trinajstić information content (AvgIpc) is 2.33. The standard InChI is InChI=1S/C12H22N2O3/c1-3-4-8-17-9-7-13-10-5-6-11(15)14(2)12(10)16/h10,13H,3-9H2,1-2H3. The number of ether oxygens (including phenoxy) is 1. The zero-order chi connectivity index (χ0) is 12.7. The molecule has 0 radical (unpaired) electrons. The van der Waals surface area contributed by atoms with Crippen LogP contribution in [0.2, 0.25) is 0 Å². The van der Waals surface area contributed by atoms with Gasteiger partial charge in [-0.15, -0.1) is 0 Å².